The number of phenolic OH excluding ortho intramolecular Hbond substituents is 1. The number of carbonyl (C=O) groups is 19. The second-order valence-electron chi connectivity index (χ2n) is 38.2. The summed E-state index contributed by atoms with van der Waals surface area (Å²) in [5.41, 5.74) is 19.7. The van der Waals surface area contributed by atoms with Crippen molar-refractivity contribution in [2.24, 2.45) is 46.8 Å². The van der Waals surface area contributed by atoms with Crippen LogP contribution in [0.15, 0.2) is 85.1 Å². The van der Waals surface area contributed by atoms with Gasteiger partial charge in [0.25, 0.3) is 0 Å². The van der Waals surface area contributed by atoms with E-state index in [9.17, 15) is 112 Å². The molecule has 2 aliphatic rings. The third-order valence-electron chi connectivity index (χ3n) is 24.7. The highest BCUT2D eigenvalue weighted by molar-refractivity contribution is 6.05. The number of carboxylic acid groups (broad SMARTS) is 1. The minimum absolute atomic E-state index is 0.00389. The number of ketones is 1. The minimum atomic E-state index is -1.89. The van der Waals surface area contributed by atoms with Gasteiger partial charge in [-0.05, 0) is 150 Å². The van der Waals surface area contributed by atoms with Gasteiger partial charge in [-0.3, -0.25) is 102 Å². The summed E-state index contributed by atoms with van der Waals surface area (Å²) in [5, 5.41) is 101. The molecule has 1 aromatic heterocycles. The van der Waals surface area contributed by atoms with Gasteiger partial charge in [-0.2, -0.15) is 0 Å². The fraction of sp³-hybridized carbons (Fsp3) is 0.577. The average Bonchev–Trinajstić information content (AvgIpc) is 1.69. The van der Waals surface area contributed by atoms with Gasteiger partial charge in [0.2, 0.25) is 100 Å². The molecule has 2 fully saturated rings. The van der Waals surface area contributed by atoms with Gasteiger partial charge in [0.05, 0.1) is 44.3 Å². The lowest BCUT2D eigenvalue weighted by atomic mass is 9.96. The molecule has 30 N–H and O–H groups in total. The van der Waals surface area contributed by atoms with Crippen LogP contribution in [0, 0.1) is 40.4 Å². The van der Waals surface area contributed by atoms with E-state index in [4.69, 9.17) is 28.0 Å². The molecule has 0 radical (unpaired) electrons. The molecule has 145 heavy (non-hydrogen) atoms. The number of aromatic hydroxyl groups is 1. The Morgan fingerprint density at radius 1 is 0.462 bits per heavy atom. The molecule has 0 spiro atoms. The third kappa shape index (κ3) is 38.0. The number of likely N-dealkylation sites (tertiary alicyclic amines) is 2. The standard InChI is InChI=1S/C97H147N25O23/c1-14-53(10)78(93(143)109-54(11)81(131)112-66(42-57-32-34-60(125)35-33-57)80(130)58-24-16-15-17-25-58)119-82(132)55(12)108-91(141)77(52(8)9)118-87(137)65(29-21-37-104-97(101)102)110-92(142)76(51(6)7)117-73(126)46-106-85(135)70(48-123)116-90(140)72-31-23-39-122(72)95(145)69(41-50(4)5)115-89(139)71-30-22-38-121(71)74(127)47-107-84(134)68(44-75(128)129)114-88(138)67(40-49(2)3)113-86(136)64(28-20-36-103-96(99)100)111-94(144)79(56(13)124)120-83(133)62(98)43-59-45-105-63-27-19-18-26-61(59)63/h15-19,24-27,32-35,45,49-56,62,64-72,76-79,105,123-125H,14,20-23,28-31,36-44,46-48,98H2,1-13H3,(H,106,135)(H,107,134)(H,108,141)(H,109,143)(H,110,142)(H,111,144)(H,112,131)(H,113,136)(H,114,138)(H,115,139)(H,116,140)(H,117,126)(H,118,137)(H,119,132)(H,120,133)(H,128,129)(H4,99,100,103)(H4,101,102,104)/t53-,54-,55-,56+,62-,64-,65-,66-,67-,68-,69-,70-,71-,72-,76-,77-,78-,79-/m0/s1. The van der Waals surface area contributed by atoms with E-state index in [1.807, 2.05) is 18.2 Å². The summed E-state index contributed by atoms with van der Waals surface area (Å²) in [6.07, 6.45) is -0.0696. The number of fused-ring (bicyclic) bond motifs is 1. The van der Waals surface area contributed by atoms with E-state index < -0.39 is 271 Å². The topological polar surface area (TPSA) is 758 Å². The first-order chi connectivity index (χ1) is 68.4. The molecule has 798 valence electrons. The molecule has 6 rings (SSSR count). The molecule has 0 aliphatic carbocycles. The van der Waals surface area contributed by atoms with E-state index in [0.717, 1.165) is 15.8 Å². The van der Waals surface area contributed by atoms with Crippen molar-refractivity contribution in [2.45, 2.75) is 283 Å². The first-order valence-electron chi connectivity index (χ1n) is 48.9. The largest absolute Gasteiger partial charge is 0.508 e. The molecule has 2 aliphatic heterocycles. The van der Waals surface area contributed by atoms with E-state index in [-0.39, 0.29) is 121 Å². The van der Waals surface area contributed by atoms with Crippen LogP contribution in [0.1, 0.15) is 189 Å². The quantitative estimate of drug-likeness (QED) is 0.00874. The Morgan fingerprint density at radius 3 is 1.46 bits per heavy atom. The summed E-state index contributed by atoms with van der Waals surface area (Å²) in [4.78, 5) is 271. The Labute approximate surface area is 841 Å². The van der Waals surface area contributed by atoms with Gasteiger partial charge in [-0.25, -0.2) is 0 Å². The number of rotatable bonds is 58. The minimum Gasteiger partial charge on any atom is -0.508 e. The normalized spacial score (nSPS) is 16.7. The summed E-state index contributed by atoms with van der Waals surface area (Å²) in [6, 6.07) is -0.873. The molecule has 0 unspecified atom stereocenters. The first kappa shape index (κ1) is 119. The number of phenols is 1. The van der Waals surface area contributed by atoms with Crippen molar-refractivity contribution in [2.75, 3.05) is 45.9 Å². The number of para-hydroxylation sites is 1. The van der Waals surface area contributed by atoms with Gasteiger partial charge in [-0.15, -0.1) is 0 Å². The molecule has 48 heteroatoms. The molecule has 48 nitrogen and oxygen atoms in total. The number of Topliss-reactive ketones (excluding diaryl/α,β-unsaturated/α-hetero) is 1. The predicted octanol–water partition coefficient (Wildman–Crippen LogP) is -3.75. The number of carbonyl (C=O) groups excluding carboxylic acids is 18. The first-order valence-corrected chi connectivity index (χ1v) is 48.9. The number of aromatic nitrogens is 1. The second-order valence-corrected chi connectivity index (χ2v) is 38.2. The van der Waals surface area contributed by atoms with Crippen molar-refractivity contribution in [3.63, 3.8) is 0 Å². The Hall–Kier alpha value is -14.5. The highest BCUT2D eigenvalue weighted by atomic mass is 16.4. The van der Waals surface area contributed by atoms with Crippen LogP contribution in [0.5, 0.6) is 5.75 Å². The van der Waals surface area contributed by atoms with E-state index in [0.29, 0.717) is 23.1 Å². The summed E-state index contributed by atoms with van der Waals surface area (Å²) < 4.78 is 0. The van der Waals surface area contributed by atoms with E-state index in [1.54, 1.807) is 124 Å². The molecule has 18 atom stereocenters. The maximum Gasteiger partial charge on any atom is 0.305 e. The summed E-state index contributed by atoms with van der Waals surface area (Å²) in [7, 11) is 0. The maximum absolute atomic E-state index is 14.7. The second kappa shape index (κ2) is 58.3. The average molecular weight is 2030 g/mol. The van der Waals surface area contributed by atoms with Crippen LogP contribution in [0.3, 0.4) is 0 Å². The molecule has 17 amide bonds. The van der Waals surface area contributed by atoms with Crippen LogP contribution >= 0.6 is 0 Å². The van der Waals surface area contributed by atoms with E-state index in [1.165, 1.54) is 37.8 Å². The molecule has 2 saturated heterocycles. The Kier molecular flexibility index (Phi) is 48.0. The predicted molar refractivity (Wildman–Crippen MR) is 532 cm³/mol. The molecule has 3 heterocycles. The van der Waals surface area contributed by atoms with Crippen LogP contribution in [-0.2, 0) is 99.1 Å². The fourth-order valence-corrected chi connectivity index (χ4v) is 16.4. The number of aliphatic hydroxyl groups excluding tert-OH is 2. The summed E-state index contributed by atoms with van der Waals surface area (Å²) in [5.74, 6) is -20.6. The molecule has 4 aromatic rings. The zero-order chi connectivity index (χ0) is 108. The van der Waals surface area contributed by atoms with Crippen LogP contribution in [0.2, 0.25) is 0 Å². The van der Waals surface area contributed by atoms with Gasteiger partial charge in [0.15, 0.2) is 17.7 Å². The molecular weight excluding hydrogens is 1880 g/mol. The van der Waals surface area contributed by atoms with Gasteiger partial charge in [-0.1, -0.05) is 136 Å². The number of carboxylic acids is 1. The SMILES string of the molecule is CC[C@H](C)[C@H](NC(=O)[C@H](C)NC(=O)[C@@H](NC(=O)[C@H](CCCNC(=N)N)NC(=O)[C@@H](NC(=O)CNC(=O)[C@H](CO)NC(=O)[C@@H]1CCCN1C(=O)[C@H](CC(C)C)NC(=O)[C@@H]1CCCN1C(=O)CNC(=O)[C@H](CC(=O)O)NC(=O)[C@H](CC(C)C)NC(=O)[C@H](CCCNC(=N)N)NC(=O)[C@@H](NC(=O)[C@@H](N)Cc1c[nH]c2ccccc12)[C@@H](C)O)C(C)C)C(C)C)C(=O)N[C@@H](C)C(=O)N[C@@H](Cc1ccc(O)cc1)C(=O)c1ccccc1. The number of benzene rings is 3. The van der Waals surface area contributed by atoms with Gasteiger partial charge >= 0.3 is 5.97 Å². The highest BCUT2D eigenvalue weighted by Gasteiger charge is 2.44. The summed E-state index contributed by atoms with van der Waals surface area (Å²) >= 11 is 0. The van der Waals surface area contributed by atoms with Gasteiger partial charge < -0.3 is 143 Å². The summed E-state index contributed by atoms with van der Waals surface area (Å²) in [6.45, 7) is 17.9. The van der Waals surface area contributed by atoms with Crippen molar-refractivity contribution in [3.8, 4) is 5.75 Å². The molecule has 0 saturated carbocycles. The van der Waals surface area contributed by atoms with E-state index in [2.05, 4.69) is 95.4 Å². The monoisotopic (exact) mass is 2030 g/mol. The highest BCUT2D eigenvalue weighted by Crippen LogP contribution is 2.26. The fourth-order valence-electron chi connectivity index (χ4n) is 16.4. The number of aliphatic hydroxyl groups is 2. The van der Waals surface area contributed by atoms with Crippen LogP contribution < -0.4 is 108 Å². The lowest BCUT2D eigenvalue weighted by molar-refractivity contribution is -0.144. The van der Waals surface area contributed by atoms with Gasteiger partial charge in [0.1, 0.15) is 90.3 Å². The number of aliphatic carboxylic acids is 1. The van der Waals surface area contributed by atoms with Gasteiger partial charge in [0, 0.05) is 55.3 Å². The Morgan fingerprint density at radius 2 is 0.917 bits per heavy atom. The number of amides is 17. The number of nitrogens with one attached hydrogen (secondary N) is 20. The van der Waals surface area contributed by atoms with Crippen LogP contribution in [0.25, 0.3) is 10.9 Å². The van der Waals surface area contributed by atoms with Crippen molar-refractivity contribution < 1.29 is 112 Å². The Balaban J connectivity index is 1.03. The third-order valence-corrected chi connectivity index (χ3v) is 24.7. The zero-order valence-corrected chi connectivity index (χ0v) is 84.3. The van der Waals surface area contributed by atoms with Crippen molar-refractivity contribution in [3.05, 3.63) is 102 Å². The van der Waals surface area contributed by atoms with Crippen LogP contribution in [0.4, 0.5) is 0 Å². The number of nitrogens with zero attached hydrogens (tertiary/aromatic N) is 2. The number of aromatic amines is 1. The number of H-pyrrole nitrogens is 1. The van der Waals surface area contributed by atoms with Crippen molar-refractivity contribution in [1.29, 1.82) is 10.8 Å². The number of hydrogen-bond donors (Lipinski definition) is 27. The zero-order valence-electron chi connectivity index (χ0n) is 84.3. The van der Waals surface area contributed by atoms with Crippen molar-refractivity contribution in [1.82, 2.24) is 105 Å². The van der Waals surface area contributed by atoms with Crippen molar-refractivity contribution >= 4 is 135 Å². The number of hydrogen-bond acceptors (Lipinski definition) is 25. The molecule has 3 aromatic carbocycles. The lowest BCUT2D eigenvalue weighted by Gasteiger charge is -2.32. The van der Waals surface area contributed by atoms with E-state index >= 15 is 0 Å². The maximum atomic E-state index is 14.7. The Bertz CT molecular complexity index is 5170. The lowest BCUT2D eigenvalue weighted by Crippen LogP contribution is -2.61. The number of guanidine groups is 2. The number of nitrogens with two attached hydrogens (primary N) is 3. The van der Waals surface area contributed by atoms with Crippen LogP contribution in [-0.4, -0.2) is 308 Å². The molecule has 0 bridgehead atoms. The molecular formula is C97H147N25O23. The smallest absolute Gasteiger partial charge is 0.305 e.